The van der Waals surface area contributed by atoms with Gasteiger partial charge >= 0.3 is 0 Å². The summed E-state index contributed by atoms with van der Waals surface area (Å²) in [7, 11) is 6.61. The van der Waals surface area contributed by atoms with Crippen molar-refractivity contribution in [3.63, 3.8) is 0 Å². The molecule has 0 aromatic heterocycles. The van der Waals surface area contributed by atoms with Gasteiger partial charge in [0.05, 0.1) is 28.4 Å². The molecule has 0 radical (unpaired) electrons. The predicted octanol–water partition coefficient (Wildman–Crippen LogP) is 3.93. The van der Waals surface area contributed by atoms with Crippen LogP contribution in [0.15, 0.2) is 20.0 Å². The van der Waals surface area contributed by atoms with E-state index in [9.17, 15) is 0 Å². The Morgan fingerprint density at radius 2 is 1.03 bits per heavy atom. The van der Waals surface area contributed by atoms with Crippen molar-refractivity contribution >= 4 is 23.6 Å². The van der Waals surface area contributed by atoms with Gasteiger partial charge in [-0.15, -0.1) is 0 Å². The number of ether oxygens (including phenoxy) is 4. The van der Waals surface area contributed by atoms with Crippen LogP contribution >= 0.6 is 0 Å². The lowest BCUT2D eigenvalue weighted by atomic mass is 9.86. The largest absolute Gasteiger partial charge is 0.483 e. The fourth-order valence-corrected chi connectivity index (χ4v) is 4.20. The highest BCUT2D eigenvalue weighted by Crippen LogP contribution is 2.33. The molecule has 0 amide bonds. The molecule has 31 heavy (non-hydrogen) atoms. The van der Waals surface area contributed by atoms with Crippen LogP contribution in [-0.2, 0) is 18.9 Å². The first-order chi connectivity index (χ1) is 14.5. The Morgan fingerprint density at radius 1 is 0.677 bits per heavy atom. The third kappa shape index (κ3) is 5.21. The summed E-state index contributed by atoms with van der Waals surface area (Å²) in [5, 5.41) is 0. The van der Waals surface area contributed by atoms with Crippen LogP contribution in [0.5, 0.6) is 0 Å². The monoisotopic (exact) mass is 436 g/mol. The molecule has 0 bridgehead atoms. The molecule has 2 aliphatic rings. The van der Waals surface area contributed by atoms with Crippen molar-refractivity contribution in [3.8, 4) is 0 Å². The van der Waals surface area contributed by atoms with Gasteiger partial charge in [-0.1, -0.05) is 27.7 Å². The van der Waals surface area contributed by atoms with Crippen molar-refractivity contribution in [1.82, 2.24) is 0 Å². The molecule has 0 aliphatic carbocycles. The Morgan fingerprint density at radius 3 is 1.29 bits per heavy atom. The molecule has 0 saturated heterocycles. The molecule has 0 unspecified atom stereocenters. The van der Waals surface area contributed by atoms with Crippen LogP contribution in [0.3, 0.4) is 0 Å². The van der Waals surface area contributed by atoms with Gasteiger partial charge in [-0.05, 0) is 44.9 Å². The smallest absolute Gasteiger partial charge is 0.212 e. The minimum absolute atomic E-state index is 0.127. The molecular formula is C23H40N4O4. The average Bonchev–Trinajstić information content (AvgIpc) is 2.72. The Bertz CT molecular complexity index is 697. The number of hydrogen-bond donors (Lipinski definition) is 0. The van der Waals surface area contributed by atoms with Gasteiger partial charge in [0.2, 0.25) is 23.6 Å². The first kappa shape index (κ1) is 25.1. The second-order valence-corrected chi connectivity index (χ2v) is 9.36. The van der Waals surface area contributed by atoms with E-state index in [4.69, 9.17) is 38.9 Å². The van der Waals surface area contributed by atoms with Crippen LogP contribution in [0.4, 0.5) is 0 Å². The topological polar surface area (TPSA) is 86.4 Å². The van der Waals surface area contributed by atoms with E-state index in [1.54, 1.807) is 28.4 Å². The Balaban J connectivity index is 2.22. The highest BCUT2D eigenvalue weighted by atomic mass is 16.5. The van der Waals surface area contributed by atoms with E-state index in [0.717, 1.165) is 19.3 Å². The van der Waals surface area contributed by atoms with Crippen molar-refractivity contribution in [2.75, 3.05) is 28.4 Å². The van der Waals surface area contributed by atoms with E-state index < -0.39 is 11.1 Å². The quantitative estimate of drug-likeness (QED) is 0.631. The average molecular weight is 437 g/mol. The summed E-state index contributed by atoms with van der Waals surface area (Å²) < 4.78 is 22.5. The molecule has 4 atom stereocenters. The minimum atomic E-state index is -0.588. The maximum absolute atomic E-state index is 5.66. The van der Waals surface area contributed by atoms with Crippen molar-refractivity contribution in [2.45, 2.75) is 84.0 Å². The molecule has 8 nitrogen and oxygen atoms in total. The normalized spacial score (nSPS) is 31.0. The molecule has 176 valence electrons. The van der Waals surface area contributed by atoms with Crippen LogP contribution in [0.25, 0.3) is 0 Å². The zero-order valence-electron chi connectivity index (χ0n) is 20.9. The first-order valence-electron chi connectivity index (χ1n) is 11.1. The fraction of sp³-hybridized carbons (Fsp3) is 0.826. The molecular weight excluding hydrogens is 396 g/mol. The number of aliphatic imine (C=N–C) groups is 4. The minimum Gasteiger partial charge on any atom is -0.483 e. The summed E-state index contributed by atoms with van der Waals surface area (Å²) in [6.45, 7) is 12.5. The molecule has 2 heterocycles. The van der Waals surface area contributed by atoms with Crippen LogP contribution in [0.1, 0.15) is 60.8 Å². The molecule has 2 rings (SSSR count). The van der Waals surface area contributed by atoms with E-state index in [1.807, 2.05) is 13.8 Å². The van der Waals surface area contributed by atoms with Gasteiger partial charge in [-0.25, -0.2) is 20.0 Å². The number of hydrogen-bond acceptors (Lipinski definition) is 8. The summed E-state index contributed by atoms with van der Waals surface area (Å²) in [6, 6.07) is -0.254. The summed E-state index contributed by atoms with van der Waals surface area (Å²) >= 11 is 0. The fourth-order valence-electron chi connectivity index (χ4n) is 4.20. The SMILES string of the molecule is COC1=N[C@@](C)(CCC[C@]2(C)N=C(OC)[C@@H](C(C)C)N=C2OC)C(OC)=N[C@@H]1C(C)C. The Labute approximate surface area is 187 Å². The molecule has 0 aromatic rings. The number of nitrogens with zero attached hydrogens (tertiary/aromatic N) is 4. The zero-order valence-corrected chi connectivity index (χ0v) is 20.9. The van der Waals surface area contributed by atoms with E-state index >= 15 is 0 Å². The van der Waals surface area contributed by atoms with Gasteiger partial charge in [0, 0.05) is 0 Å². The molecule has 2 aliphatic heterocycles. The number of rotatable bonds is 6. The Hall–Kier alpha value is -2.12. The molecule has 0 fully saturated rings. The van der Waals surface area contributed by atoms with E-state index in [-0.39, 0.29) is 23.9 Å². The predicted molar refractivity (Wildman–Crippen MR) is 126 cm³/mol. The van der Waals surface area contributed by atoms with Crippen LogP contribution in [0.2, 0.25) is 0 Å². The third-order valence-electron chi connectivity index (χ3n) is 6.05. The maximum Gasteiger partial charge on any atom is 0.212 e. The summed E-state index contributed by atoms with van der Waals surface area (Å²) in [4.78, 5) is 19.5. The lowest BCUT2D eigenvalue weighted by Gasteiger charge is -2.36. The summed E-state index contributed by atoms with van der Waals surface area (Å²) in [5.41, 5.74) is -1.18. The van der Waals surface area contributed by atoms with Crippen molar-refractivity contribution in [1.29, 1.82) is 0 Å². The molecule has 0 N–H and O–H groups in total. The molecule has 0 saturated carbocycles. The van der Waals surface area contributed by atoms with Gasteiger partial charge in [-0.3, -0.25) is 0 Å². The maximum atomic E-state index is 5.66. The van der Waals surface area contributed by atoms with Gasteiger partial charge in [0.25, 0.3) is 0 Å². The van der Waals surface area contributed by atoms with Crippen molar-refractivity contribution in [3.05, 3.63) is 0 Å². The van der Waals surface area contributed by atoms with Crippen molar-refractivity contribution < 1.29 is 18.9 Å². The van der Waals surface area contributed by atoms with E-state index in [0.29, 0.717) is 23.6 Å². The van der Waals surface area contributed by atoms with Gasteiger partial charge < -0.3 is 18.9 Å². The van der Waals surface area contributed by atoms with Crippen LogP contribution < -0.4 is 0 Å². The standard InChI is InChI=1S/C23H40N4O4/c1-14(2)16-18(28-7)26-22(5,20(24-16)30-9)12-11-13-23(6)21(31-10)25-17(15(3)4)19(27-23)29-8/h14-17H,11-13H2,1-10H3/t16-,17-,22+,23+/m1/s1. The second-order valence-electron chi connectivity index (χ2n) is 9.36. The lowest BCUT2D eigenvalue weighted by Crippen LogP contribution is -2.46. The molecule has 0 aromatic carbocycles. The van der Waals surface area contributed by atoms with Crippen LogP contribution in [0, 0.1) is 11.8 Å². The van der Waals surface area contributed by atoms with Crippen LogP contribution in [-0.4, -0.2) is 75.2 Å². The lowest BCUT2D eigenvalue weighted by molar-refractivity contribution is 0.288. The molecule has 8 heteroatoms. The van der Waals surface area contributed by atoms with Gasteiger partial charge in [0.15, 0.2) is 0 Å². The van der Waals surface area contributed by atoms with Crippen molar-refractivity contribution in [2.24, 2.45) is 31.8 Å². The third-order valence-corrected chi connectivity index (χ3v) is 6.05. The summed E-state index contributed by atoms with van der Waals surface area (Å²) in [5.74, 6) is 3.13. The zero-order chi connectivity index (χ0) is 23.4. The van der Waals surface area contributed by atoms with E-state index in [1.165, 1.54) is 0 Å². The first-order valence-corrected chi connectivity index (χ1v) is 11.1. The van der Waals surface area contributed by atoms with Gasteiger partial charge in [0.1, 0.15) is 23.2 Å². The van der Waals surface area contributed by atoms with Gasteiger partial charge in [-0.2, -0.15) is 0 Å². The Kier molecular flexibility index (Phi) is 8.11. The highest BCUT2D eigenvalue weighted by molar-refractivity contribution is 5.97. The second kappa shape index (κ2) is 10.0. The van der Waals surface area contributed by atoms with E-state index in [2.05, 4.69) is 27.7 Å². The summed E-state index contributed by atoms with van der Waals surface area (Å²) in [6.07, 6.45) is 2.28. The highest BCUT2D eigenvalue weighted by Gasteiger charge is 2.42. The molecule has 0 spiro atoms. The number of methoxy groups -OCH3 is 4.